The van der Waals surface area contributed by atoms with E-state index in [1.165, 1.54) is 16.3 Å². The normalized spacial score (nSPS) is 12.3. The van der Waals surface area contributed by atoms with Crippen LogP contribution in [0.15, 0.2) is 275 Å². The number of hydrogen-bond donors (Lipinski definition) is 0. The molecule has 0 N–H and O–H groups in total. The summed E-state index contributed by atoms with van der Waals surface area (Å²) in [5, 5.41) is 10.2. The Balaban J connectivity index is 0.908. The number of furan rings is 2. The third kappa shape index (κ3) is 7.48. The standard InChI is InChI=1S/C74H48N4O2/c1-5-15-49(16-6-1)71-61-37-33-57(45-67(61)79-73(71)53-19-9-3-10-20-53)77(55-31-25-47-23-13-41-75-63(47)43-55)65-39-29-51-28-36-60-66(40-30-52-27-35-59(65)69(51)70(52)60)78(56-32-26-48-24-14-42-76-64(48)44-56)58-34-38-62-68(46-58)80-74(54-21-11-4-12-22-54)72(62)50-17-7-2-8-18-50/h1-13,15-23,25-46H,14,24H2. The molecular weight excluding hydrogens is 977 g/mol. The van der Waals surface area contributed by atoms with Gasteiger partial charge in [0, 0.05) is 96.5 Å². The number of rotatable bonds is 10. The molecule has 6 heteroatoms. The number of fused-ring (bicyclic) bond motifs is 4. The van der Waals surface area contributed by atoms with Crippen molar-refractivity contribution in [2.75, 3.05) is 9.80 Å². The van der Waals surface area contributed by atoms with Crippen molar-refractivity contribution in [2.24, 2.45) is 4.99 Å². The van der Waals surface area contributed by atoms with E-state index in [2.05, 4.69) is 246 Å². The number of pyridine rings is 1. The Morgan fingerprint density at radius 1 is 0.362 bits per heavy atom. The molecule has 80 heavy (non-hydrogen) atoms. The molecule has 1 aliphatic rings. The van der Waals surface area contributed by atoms with Gasteiger partial charge in [0.05, 0.1) is 22.6 Å². The monoisotopic (exact) mass is 1020 g/mol. The summed E-state index contributed by atoms with van der Waals surface area (Å²) >= 11 is 0. The predicted octanol–water partition coefficient (Wildman–Crippen LogP) is 20.9. The molecule has 4 heterocycles. The minimum atomic E-state index is 0.805. The number of aryl methyl sites for hydroxylation is 1. The highest BCUT2D eigenvalue weighted by molar-refractivity contribution is 6.28. The first-order valence-electron chi connectivity index (χ1n) is 27.3. The average molecular weight is 1030 g/mol. The molecule has 0 aliphatic carbocycles. The van der Waals surface area contributed by atoms with Crippen LogP contribution in [-0.4, -0.2) is 11.2 Å². The topological polar surface area (TPSA) is 58.0 Å². The molecule has 16 rings (SSSR count). The van der Waals surface area contributed by atoms with Crippen LogP contribution in [0.3, 0.4) is 0 Å². The Labute approximate surface area is 461 Å². The molecule has 1 aliphatic heterocycles. The fraction of sp³-hybridized carbons (Fsp3) is 0.0270. The number of benzene rings is 12. The van der Waals surface area contributed by atoms with Crippen LogP contribution in [0, 0.1) is 0 Å². The van der Waals surface area contributed by atoms with E-state index in [-0.39, 0.29) is 0 Å². The van der Waals surface area contributed by atoms with Crippen molar-refractivity contribution >= 4 is 111 Å². The summed E-state index contributed by atoms with van der Waals surface area (Å²) in [5.74, 6) is 1.70. The highest BCUT2D eigenvalue weighted by Gasteiger charge is 2.26. The molecule has 0 unspecified atom stereocenters. The van der Waals surface area contributed by atoms with Crippen LogP contribution < -0.4 is 9.80 Å². The van der Waals surface area contributed by atoms with Crippen molar-refractivity contribution in [1.82, 2.24) is 4.98 Å². The number of anilines is 6. The lowest BCUT2D eigenvalue weighted by atomic mass is 9.91. The van der Waals surface area contributed by atoms with Gasteiger partial charge in [0.25, 0.3) is 0 Å². The lowest BCUT2D eigenvalue weighted by Gasteiger charge is -2.29. The van der Waals surface area contributed by atoms with Crippen LogP contribution in [0.2, 0.25) is 0 Å². The minimum Gasteiger partial charge on any atom is -0.455 e. The van der Waals surface area contributed by atoms with Crippen LogP contribution >= 0.6 is 0 Å². The zero-order valence-electron chi connectivity index (χ0n) is 43.4. The Bertz CT molecular complexity index is 4890. The van der Waals surface area contributed by atoms with Gasteiger partial charge >= 0.3 is 0 Å². The van der Waals surface area contributed by atoms with Gasteiger partial charge in [-0.1, -0.05) is 176 Å². The third-order valence-corrected chi connectivity index (χ3v) is 16.1. The van der Waals surface area contributed by atoms with Crippen molar-refractivity contribution in [3.63, 3.8) is 0 Å². The Hall–Kier alpha value is -10.6. The molecule has 0 spiro atoms. The van der Waals surface area contributed by atoms with Gasteiger partial charge in [0.15, 0.2) is 0 Å². The Morgan fingerprint density at radius 3 is 1.36 bits per heavy atom. The van der Waals surface area contributed by atoms with Crippen LogP contribution in [0.25, 0.3) is 110 Å². The van der Waals surface area contributed by atoms with E-state index in [1.807, 2.05) is 30.6 Å². The number of aromatic nitrogens is 1. The lowest BCUT2D eigenvalue weighted by molar-refractivity contribution is 0.632. The van der Waals surface area contributed by atoms with E-state index < -0.39 is 0 Å². The molecule has 6 nitrogen and oxygen atoms in total. The van der Waals surface area contributed by atoms with E-state index in [0.29, 0.717) is 0 Å². The summed E-state index contributed by atoms with van der Waals surface area (Å²) in [6.45, 7) is 0. The summed E-state index contributed by atoms with van der Waals surface area (Å²) in [6, 6.07) is 91.1. The number of aliphatic imine (C=N–C) groups is 1. The van der Waals surface area contributed by atoms with Gasteiger partial charge in [-0.25, -0.2) is 0 Å². The zero-order valence-corrected chi connectivity index (χ0v) is 43.4. The van der Waals surface area contributed by atoms with Crippen molar-refractivity contribution in [2.45, 2.75) is 12.8 Å². The van der Waals surface area contributed by atoms with E-state index in [0.717, 1.165) is 152 Å². The van der Waals surface area contributed by atoms with Crippen molar-refractivity contribution in [3.05, 3.63) is 267 Å². The summed E-state index contributed by atoms with van der Waals surface area (Å²) < 4.78 is 14.0. The first-order valence-corrected chi connectivity index (χ1v) is 27.3. The smallest absolute Gasteiger partial charge is 0.143 e. The fourth-order valence-corrected chi connectivity index (χ4v) is 12.4. The van der Waals surface area contributed by atoms with Crippen molar-refractivity contribution in [3.8, 4) is 44.9 Å². The molecule has 15 aromatic rings. The minimum absolute atomic E-state index is 0.805. The number of hydrogen-bond acceptors (Lipinski definition) is 6. The Kier molecular flexibility index (Phi) is 10.6. The van der Waals surface area contributed by atoms with Crippen LogP contribution in [-0.2, 0) is 6.42 Å². The average Bonchev–Trinajstić information content (AvgIpc) is 4.16. The second-order valence-corrected chi connectivity index (χ2v) is 20.7. The first kappa shape index (κ1) is 45.6. The maximum Gasteiger partial charge on any atom is 0.143 e. The highest BCUT2D eigenvalue weighted by atomic mass is 16.3. The molecular formula is C74H48N4O2. The van der Waals surface area contributed by atoms with Gasteiger partial charge in [0.2, 0.25) is 0 Å². The van der Waals surface area contributed by atoms with Gasteiger partial charge in [-0.15, -0.1) is 0 Å². The maximum absolute atomic E-state index is 7.01. The molecule has 0 amide bonds. The van der Waals surface area contributed by atoms with E-state index in [4.69, 9.17) is 18.8 Å². The molecule has 12 aromatic carbocycles. The second kappa shape index (κ2) is 18.6. The van der Waals surface area contributed by atoms with Gasteiger partial charge in [-0.2, -0.15) is 0 Å². The lowest BCUT2D eigenvalue weighted by Crippen LogP contribution is -2.12. The third-order valence-electron chi connectivity index (χ3n) is 16.1. The molecule has 3 aromatic heterocycles. The summed E-state index contributed by atoms with van der Waals surface area (Å²) in [5.41, 5.74) is 17.3. The molecule has 0 radical (unpaired) electrons. The van der Waals surface area contributed by atoms with Gasteiger partial charge in [-0.05, 0) is 118 Å². The highest BCUT2D eigenvalue weighted by Crippen LogP contribution is 2.51. The SMILES string of the molecule is C1=Nc2cc(N(c3ccc4c(-c5ccccc5)c(-c5ccccc5)oc4c3)c3ccc4ccc5c(N(c6ccc7cccnc7c6)c6ccc7c(-c8ccccc8)c(-c8ccccc8)oc7c6)ccc6ccc3c4c65)ccc2CC1. The van der Waals surface area contributed by atoms with Crippen LogP contribution in [0.5, 0.6) is 0 Å². The van der Waals surface area contributed by atoms with Gasteiger partial charge in [-0.3, -0.25) is 9.98 Å². The molecule has 376 valence electrons. The van der Waals surface area contributed by atoms with Crippen molar-refractivity contribution in [1.29, 1.82) is 0 Å². The quantitative estimate of drug-likeness (QED) is 0.128. The molecule has 0 saturated heterocycles. The second-order valence-electron chi connectivity index (χ2n) is 20.7. The zero-order chi connectivity index (χ0) is 52.7. The summed E-state index contributed by atoms with van der Waals surface area (Å²) in [7, 11) is 0. The largest absolute Gasteiger partial charge is 0.455 e. The molecule has 0 saturated carbocycles. The summed E-state index contributed by atoms with van der Waals surface area (Å²) in [6.07, 6.45) is 5.82. The van der Waals surface area contributed by atoms with Crippen molar-refractivity contribution < 1.29 is 8.83 Å². The number of nitrogens with zero attached hydrogens (tertiary/aromatic N) is 4. The fourth-order valence-electron chi connectivity index (χ4n) is 12.4. The molecule has 0 bridgehead atoms. The first-order chi connectivity index (χ1) is 39.7. The van der Waals surface area contributed by atoms with Gasteiger partial charge in [0.1, 0.15) is 22.7 Å². The maximum atomic E-state index is 7.01. The van der Waals surface area contributed by atoms with E-state index >= 15 is 0 Å². The van der Waals surface area contributed by atoms with Crippen LogP contribution in [0.1, 0.15) is 12.0 Å². The Morgan fingerprint density at radius 2 is 0.812 bits per heavy atom. The predicted molar refractivity (Wildman–Crippen MR) is 333 cm³/mol. The van der Waals surface area contributed by atoms with E-state index in [1.54, 1.807) is 0 Å². The van der Waals surface area contributed by atoms with Gasteiger partial charge < -0.3 is 18.6 Å². The van der Waals surface area contributed by atoms with E-state index in [9.17, 15) is 0 Å². The molecule has 0 atom stereocenters. The molecule has 0 fully saturated rings. The summed E-state index contributed by atoms with van der Waals surface area (Å²) in [4.78, 5) is 14.6. The van der Waals surface area contributed by atoms with Crippen LogP contribution in [0.4, 0.5) is 39.8 Å².